The molecule has 1 atom stereocenters. The third-order valence-corrected chi connectivity index (χ3v) is 2.52. The Hall–Kier alpha value is -0.330. The molecule has 0 aliphatic carbocycles. The summed E-state index contributed by atoms with van der Waals surface area (Å²) in [6.07, 6.45) is 1.68. The second kappa shape index (κ2) is 9.67. The van der Waals surface area contributed by atoms with E-state index in [1.165, 1.54) is 6.42 Å². The molecule has 0 saturated carbocycles. The third kappa shape index (κ3) is 11.9. The number of unbranched alkanes of at least 4 members (excludes halogenated alkanes) is 3. The minimum absolute atomic E-state index is 0.0417. The van der Waals surface area contributed by atoms with Crippen molar-refractivity contribution in [2.75, 3.05) is 13.2 Å². The van der Waals surface area contributed by atoms with Gasteiger partial charge in [-0.25, -0.2) is 0 Å². The van der Waals surface area contributed by atoms with Gasteiger partial charge in [-0.3, -0.25) is 11.3 Å². The second-order valence-corrected chi connectivity index (χ2v) is 4.17. The Morgan fingerprint density at radius 2 is 1.88 bits per heavy atom. The van der Waals surface area contributed by atoms with Gasteiger partial charge in [-0.1, -0.05) is 32.6 Å². The first kappa shape index (κ1) is 16.7. The Labute approximate surface area is 101 Å². The van der Waals surface area contributed by atoms with Crippen LogP contribution in [-0.4, -0.2) is 25.4 Å². The zero-order valence-corrected chi connectivity index (χ0v) is 10.4. The summed E-state index contributed by atoms with van der Waals surface area (Å²) in [6.45, 7) is 1.03. The number of ether oxygens (including phenoxy) is 1. The Morgan fingerprint density at radius 1 is 1.18 bits per heavy atom. The second-order valence-electron chi connectivity index (χ2n) is 4.17. The molecule has 0 spiro atoms. The maximum atomic E-state index is 11.8. The minimum Gasteiger partial charge on any atom is -0.372 e. The van der Waals surface area contributed by atoms with Crippen molar-refractivity contribution in [3.8, 4) is 0 Å². The van der Waals surface area contributed by atoms with Crippen LogP contribution in [0.2, 0.25) is 0 Å². The van der Waals surface area contributed by atoms with E-state index in [1.807, 2.05) is 0 Å². The molecule has 0 fully saturated rings. The van der Waals surface area contributed by atoms with Crippen LogP contribution in [0.4, 0.5) is 13.2 Å². The number of hydrazine groups is 1. The third-order valence-electron chi connectivity index (χ3n) is 2.52. The lowest BCUT2D eigenvalue weighted by Crippen LogP contribution is -2.36. The van der Waals surface area contributed by atoms with E-state index in [2.05, 4.69) is 17.1 Å². The number of rotatable bonds is 10. The molecule has 0 amide bonds. The van der Waals surface area contributed by atoms with E-state index < -0.39 is 12.8 Å². The average Bonchev–Trinajstić information content (AvgIpc) is 2.25. The predicted octanol–water partition coefficient (Wildman–Crippen LogP) is 2.76. The van der Waals surface area contributed by atoms with Crippen LogP contribution in [-0.2, 0) is 4.74 Å². The number of alkyl halides is 3. The van der Waals surface area contributed by atoms with Gasteiger partial charge in [0.05, 0.1) is 0 Å². The van der Waals surface area contributed by atoms with Gasteiger partial charge in [-0.05, 0) is 12.8 Å². The van der Waals surface area contributed by atoms with Crippen molar-refractivity contribution in [2.45, 2.75) is 57.7 Å². The largest absolute Gasteiger partial charge is 0.411 e. The summed E-state index contributed by atoms with van der Waals surface area (Å²) in [7, 11) is 0. The summed E-state index contributed by atoms with van der Waals surface area (Å²) in [5.41, 5.74) is 2.62. The molecule has 104 valence electrons. The fraction of sp³-hybridized carbons (Fsp3) is 1.00. The quantitative estimate of drug-likeness (QED) is 0.359. The summed E-state index contributed by atoms with van der Waals surface area (Å²) in [5.74, 6) is 5.33. The maximum absolute atomic E-state index is 11.8. The molecule has 3 nitrogen and oxygen atoms in total. The number of nitrogens with one attached hydrogen (secondary N) is 1. The van der Waals surface area contributed by atoms with Crippen LogP contribution in [0.5, 0.6) is 0 Å². The summed E-state index contributed by atoms with van der Waals surface area (Å²) < 4.78 is 39.9. The van der Waals surface area contributed by atoms with E-state index in [4.69, 9.17) is 5.84 Å². The first-order valence-corrected chi connectivity index (χ1v) is 6.10. The lowest BCUT2D eigenvalue weighted by atomic mass is 10.1. The molecule has 0 bridgehead atoms. The molecule has 1 unspecified atom stereocenters. The van der Waals surface area contributed by atoms with Gasteiger partial charge in [0.15, 0.2) is 0 Å². The van der Waals surface area contributed by atoms with Crippen molar-refractivity contribution in [1.82, 2.24) is 5.43 Å². The van der Waals surface area contributed by atoms with Crippen LogP contribution in [0, 0.1) is 0 Å². The molecule has 0 aromatic carbocycles. The lowest BCUT2D eigenvalue weighted by Gasteiger charge is -2.16. The molecule has 17 heavy (non-hydrogen) atoms. The van der Waals surface area contributed by atoms with Gasteiger partial charge in [0, 0.05) is 12.6 Å². The van der Waals surface area contributed by atoms with Crippen LogP contribution >= 0.6 is 0 Å². The Kier molecular flexibility index (Phi) is 9.49. The molecule has 3 N–H and O–H groups in total. The normalized spacial score (nSPS) is 13.9. The first-order chi connectivity index (χ1) is 7.99. The van der Waals surface area contributed by atoms with Gasteiger partial charge < -0.3 is 4.74 Å². The molecule has 0 radical (unpaired) electrons. The van der Waals surface area contributed by atoms with Gasteiger partial charge in [-0.15, -0.1) is 0 Å². The summed E-state index contributed by atoms with van der Waals surface area (Å²) in [4.78, 5) is 0. The highest BCUT2D eigenvalue weighted by Gasteiger charge is 2.27. The van der Waals surface area contributed by atoms with Gasteiger partial charge in [0.1, 0.15) is 6.61 Å². The maximum Gasteiger partial charge on any atom is 0.411 e. The number of hydrogen-bond donors (Lipinski definition) is 2. The smallest absolute Gasteiger partial charge is 0.372 e. The molecule has 0 aliphatic heterocycles. The molecule has 0 aromatic heterocycles. The van der Waals surface area contributed by atoms with E-state index in [-0.39, 0.29) is 12.6 Å². The van der Waals surface area contributed by atoms with Crippen molar-refractivity contribution >= 4 is 0 Å². The summed E-state index contributed by atoms with van der Waals surface area (Å²) in [6, 6.07) is 0.0417. The van der Waals surface area contributed by atoms with Crippen molar-refractivity contribution in [3.05, 3.63) is 0 Å². The monoisotopic (exact) mass is 256 g/mol. The van der Waals surface area contributed by atoms with Gasteiger partial charge >= 0.3 is 6.18 Å². The van der Waals surface area contributed by atoms with Gasteiger partial charge in [0.25, 0.3) is 0 Å². The standard InChI is InChI=1S/C11H23F3N2O/c1-2-3-4-5-6-10(16-15)7-8-17-9-11(12,13)14/h10,16H,2-9,15H2,1H3. The van der Waals surface area contributed by atoms with Crippen molar-refractivity contribution in [1.29, 1.82) is 0 Å². The number of hydrogen-bond acceptors (Lipinski definition) is 3. The van der Waals surface area contributed by atoms with E-state index >= 15 is 0 Å². The summed E-state index contributed by atoms with van der Waals surface area (Å²) in [5, 5.41) is 0. The van der Waals surface area contributed by atoms with E-state index in [1.54, 1.807) is 0 Å². The number of halogens is 3. The molecular formula is C11H23F3N2O. The van der Waals surface area contributed by atoms with E-state index in [0.717, 1.165) is 25.7 Å². The highest BCUT2D eigenvalue weighted by molar-refractivity contribution is 4.63. The first-order valence-electron chi connectivity index (χ1n) is 6.10. The zero-order valence-electron chi connectivity index (χ0n) is 10.4. The number of nitrogens with two attached hydrogens (primary N) is 1. The summed E-state index contributed by atoms with van der Waals surface area (Å²) >= 11 is 0. The minimum atomic E-state index is -4.24. The molecular weight excluding hydrogens is 233 g/mol. The highest BCUT2D eigenvalue weighted by atomic mass is 19.4. The lowest BCUT2D eigenvalue weighted by molar-refractivity contribution is -0.174. The molecule has 0 aliphatic rings. The fourth-order valence-corrected chi connectivity index (χ4v) is 1.54. The van der Waals surface area contributed by atoms with Crippen molar-refractivity contribution < 1.29 is 17.9 Å². The Morgan fingerprint density at radius 3 is 2.41 bits per heavy atom. The van der Waals surface area contributed by atoms with Crippen LogP contribution in [0.1, 0.15) is 45.4 Å². The predicted molar refractivity (Wildman–Crippen MR) is 61.4 cm³/mol. The van der Waals surface area contributed by atoms with Crippen LogP contribution < -0.4 is 11.3 Å². The molecule has 0 saturated heterocycles. The molecule has 0 rings (SSSR count). The van der Waals surface area contributed by atoms with Gasteiger partial charge in [0.2, 0.25) is 0 Å². The van der Waals surface area contributed by atoms with E-state index in [0.29, 0.717) is 6.42 Å². The average molecular weight is 256 g/mol. The molecule has 0 heterocycles. The molecule has 6 heteroatoms. The van der Waals surface area contributed by atoms with Crippen LogP contribution in [0.3, 0.4) is 0 Å². The van der Waals surface area contributed by atoms with Crippen molar-refractivity contribution in [2.24, 2.45) is 5.84 Å². The van der Waals surface area contributed by atoms with Gasteiger partial charge in [-0.2, -0.15) is 13.2 Å². The highest BCUT2D eigenvalue weighted by Crippen LogP contribution is 2.15. The van der Waals surface area contributed by atoms with Crippen LogP contribution in [0.25, 0.3) is 0 Å². The Bertz CT molecular complexity index is 177. The Balaban J connectivity index is 3.47. The fourth-order valence-electron chi connectivity index (χ4n) is 1.54. The molecule has 0 aromatic rings. The van der Waals surface area contributed by atoms with Crippen LogP contribution in [0.15, 0.2) is 0 Å². The SMILES string of the molecule is CCCCCCC(CCOCC(F)(F)F)NN. The topological polar surface area (TPSA) is 47.3 Å². The zero-order chi connectivity index (χ0) is 13.1. The van der Waals surface area contributed by atoms with Crippen molar-refractivity contribution in [3.63, 3.8) is 0 Å². The van der Waals surface area contributed by atoms with E-state index in [9.17, 15) is 13.2 Å².